The van der Waals surface area contributed by atoms with E-state index in [1.165, 1.54) is 6.26 Å². The zero-order valence-corrected chi connectivity index (χ0v) is 14.8. The quantitative estimate of drug-likeness (QED) is 0.913. The smallest absolute Gasteiger partial charge is 0.289 e. The summed E-state index contributed by atoms with van der Waals surface area (Å²) >= 11 is 0. The van der Waals surface area contributed by atoms with Crippen molar-refractivity contribution in [3.63, 3.8) is 0 Å². The van der Waals surface area contributed by atoms with Gasteiger partial charge in [0.15, 0.2) is 17.3 Å². The Bertz CT molecular complexity index is 736. The van der Waals surface area contributed by atoms with Gasteiger partial charge < -0.3 is 24.1 Å². The maximum Gasteiger partial charge on any atom is 0.289 e. The normalized spacial score (nSPS) is 17.8. The zero-order chi connectivity index (χ0) is 17.8. The molecule has 26 heavy (non-hydrogen) atoms. The van der Waals surface area contributed by atoms with Crippen LogP contribution >= 0.6 is 0 Å². The molecular formula is C20H24N2O4. The van der Waals surface area contributed by atoms with Crippen LogP contribution in [0.2, 0.25) is 0 Å². The molecule has 1 amide bonds. The number of carbonyl (C=O) groups excluding carboxylic acids is 1. The minimum Gasteiger partial charge on any atom is -0.490 e. The van der Waals surface area contributed by atoms with Gasteiger partial charge in [0.2, 0.25) is 0 Å². The van der Waals surface area contributed by atoms with Gasteiger partial charge >= 0.3 is 0 Å². The van der Waals surface area contributed by atoms with Crippen LogP contribution in [0, 0.1) is 0 Å². The molecule has 0 saturated carbocycles. The molecule has 6 heteroatoms. The lowest BCUT2D eigenvalue weighted by atomic mass is 10.0. The lowest BCUT2D eigenvalue weighted by Gasteiger charge is -2.32. The fourth-order valence-electron chi connectivity index (χ4n) is 3.49. The van der Waals surface area contributed by atoms with E-state index in [1.54, 1.807) is 12.1 Å². The molecule has 2 aliphatic rings. The monoisotopic (exact) mass is 356 g/mol. The summed E-state index contributed by atoms with van der Waals surface area (Å²) in [5.74, 6) is 2.09. The van der Waals surface area contributed by atoms with E-state index in [1.807, 2.05) is 17.0 Å². The van der Waals surface area contributed by atoms with E-state index in [2.05, 4.69) is 11.4 Å². The number of likely N-dealkylation sites (tertiary alicyclic amines) is 1. The molecule has 0 radical (unpaired) electrons. The number of para-hydroxylation sites is 1. The highest BCUT2D eigenvalue weighted by Crippen LogP contribution is 2.33. The van der Waals surface area contributed by atoms with Crippen molar-refractivity contribution in [2.24, 2.45) is 0 Å². The first-order valence-electron chi connectivity index (χ1n) is 9.25. The molecule has 1 fully saturated rings. The van der Waals surface area contributed by atoms with E-state index in [0.29, 0.717) is 25.0 Å². The molecule has 3 heterocycles. The Kier molecular flexibility index (Phi) is 5.11. The van der Waals surface area contributed by atoms with E-state index in [9.17, 15) is 4.79 Å². The summed E-state index contributed by atoms with van der Waals surface area (Å²) in [6.45, 7) is 3.61. The van der Waals surface area contributed by atoms with Crippen molar-refractivity contribution < 1.29 is 18.7 Å². The first kappa shape index (κ1) is 17.0. The molecule has 138 valence electrons. The molecule has 2 aliphatic heterocycles. The van der Waals surface area contributed by atoms with Gasteiger partial charge in [0.1, 0.15) is 0 Å². The molecule has 1 saturated heterocycles. The predicted molar refractivity (Wildman–Crippen MR) is 96.5 cm³/mol. The summed E-state index contributed by atoms with van der Waals surface area (Å²) in [4.78, 5) is 14.2. The van der Waals surface area contributed by atoms with E-state index in [4.69, 9.17) is 13.9 Å². The van der Waals surface area contributed by atoms with Crippen LogP contribution in [-0.2, 0) is 6.54 Å². The van der Waals surface area contributed by atoms with Crippen LogP contribution in [0.3, 0.4) is 0 Å². The molecule has 1 N–H and O–H groups in total. The maximum absolute atomic E-state index is 12.3. The first-order chi connectivity index (χ1) is 12.8. The van der Waals surface area contributed by atoms with Gasteiger partial charge in [0.25, 0.3) is 5.91 Å². The van der Waals surface area contributed by atoms with Gasteiger partial charge in [-0.25, -0.2) is 0 Å². The first-order valence-corrected chi connectivity index (χ1v) is 9.25. The third kappa shape index (κ3) is 3.70. The summed E-state index contributed by atoms with van der Waals surface area (Å²) in [6, 6.07) is 9.90. The Hall–Kier alpha value is -2.47. The van der Waals surface area contributed by atoms with Gasteiger partial charge in [-0.1, -0.05) is 12.1 Å². The van der Waals surface area contributed by atoms with Gasteiger partial charge in [-0.2, -0.15) is 0 Å². The maximum atomic E-state index is 12.3. The SMILES string of the molecule is O=C(c1ccco1)N1CCC(NCc2cccc3c2OCCCO3)CC1. The van der Waals surface area contributed by atoms with E-state index >= 15 is 0 Å². The zero-order valence-electron chi connectivity index (χ0n) is 14.8. The summed E-state index contributed by atoms with van der Waals surface area (Å²) in [5.41, 5.74) is 1.12. The lowest BCUT2D eigenvalue weighted by Crippen LogP contribution is -2.44. The number of ether oxygens (including phenoxy) is 2. The highest BCUT2D eigenvalue weighted by Gasteiger charge is 2.25. The molecule has 2 aromatic rings. The number of carbonyl (C=O) groups is 1. The van der Waals surface area contributed by atoms with Crippen molar-refractivity contribution in [1.82, 2.24) is 10.2 Å². The Labute approximate surface area is 153 Å². The molecule has 1 aromatic carbocycles. The van der Waals surface area contributed by atoms with Crippen LogP contribution in [0.1, 0.15) is 35.4 Å². The number of furan rings is 1. The molecular weight excluding hydrogens is 332 g/mol. The Morgan fingerprint density at radius 1 is 1.12 bits per heavy atom. The molecule has 0 aliphatic carbocycles. The second kappa shape index (κ2) is 7.83. The molecule has 1 aromatic heterocycles. The molecule has 6 nitrogen and oxygen atoms in total. The van der Waals surface area contributed by atoms with Crippen molar-refractivity contribution in [2.45, 2.75) is 31.8 Å². The van der Waals surface area contributed by atoms with E-state index in [-0.39, 0.29) is 5.91 Å². The summed E-state index contributed by atoms with van der Waals surface area (Å²) in [7, 11) is 0. The van der Waals surface area contributed by atoms with Crippen molar-refractivity contribution in [3.05, 3.63) is 47.9 Å². The van der Waals surface area contributed by atoms with E-state index in [0.717, 1.165) is 56.0 Å². The van der Waals surface area contributed by atoms with Gasteiger partial charge in [0, 0.05) is 37.7 Å². The van der Waals surface area contributed by atoms with Crippen LogP contribution in [0.4, 0.5) is 0 Å². The number of benzene rings is 1. The standard InChI is InChI=1S/C20H24N2O4/c23-20(18-6-2-11-25-18)22-9-7-16(8-10-22)21-14-15-4-1-5-17-19(15)26-13-3-12-24-17/h1-2,4-6,11,16,21H,3,7-10,12-14H2. The number of hydrogen-bond donors (Lipinski definition) is 1. The Balaban J connectivity index is 1.31. The average Bonchev–Trinajstić information content (AvgIpc) is 3.11. The summed E-state index contributed by atoms with van der Waals surface area (Å²) in [6.07, 6.45) is 4.30. The predicted octanol–water partition coefficient (Wildman–Crippen LogP) is 2.84. The minimum absolute atomic E-state index is 0.0209. The third-order valence-corrected chi connectivity index (χ3v) is 4.95. The number of fused-ring (bicyclic) bond motifs is 1. The lowest BCUT2D eigenvalue weighted by molar-refractivity contribution is 0.0672. The van der Waals surface area contributed by atoms with Crippen molar-refractivity contribution >= 4 is 5.91 Å². The topological polar surface area (TPSA) is 63.9 Å². The number of rotatable bonds is 4. The van der Waals surface area contributed by atoms with Crippen molar-refractivity contribution in [3.8, 4) is 11.5 Å². The second-order valence-electron chi connectivity index (χ2n) is 6.72. The largest absolute Gasteiger partial charge is 0.490 e. The Morgan fingerprint density at radius 3 is 2.77 bits per heavy atom. The Morgan fingerprint density at radius 2 is 1.96 bits per heavy atom. The molecule has 4 rings (SSSR count). The highest BCUT2D eigenvalue weighted by atomic mass is 16.5. The van der Waals surface area contributed by atoms with Crippen LogP contribution in [0.25, 0.3) is 0 Å². The summed E-state index contributed by atoms with van der Waals surface area (Å²) in [5, 5.41) is 3.61. The molecule has 0 unspecified atom stereocenters. The fraction of sp³-hybridized carbons (Fsp3) is 0.450. The van der Waals surface area contributed by atoms with Crippen LogP contribution in [0.5, 0.6) is 11.5 Å². The van der Waals surface area contributed by atoms with Crippen molar-refractivity contribution in [1.29, 1.82) is 0 Å². The average molecular weight is 356 g/mol. The van der Waals surface area contributed by atoms with Crippen LogP contribution < -0.4 is 14.8 Å². The van der Waals surface area contributed by atoms with Gasteiger partial charge in [0.05, 0.1) is 19.5 Å². The molecule has 0 spiro atoms. The number of piperidine rings is 1. The molecule has 0 bridgehead atoms. The number of nitrogens with one attached hydrogen (secondary N) is 1. The van der Waals surface area contributed by atoms with Crippen LogP contribution in [-0.4, -0.2) is 43.2 Å². The fourth-order valence-corrected chi connectivity index (χ4v) is 3.49. The molecule has 0 atom stereocenters. The minimum atomic E-state index is -0.0209. The summed E-state index contributed by atoms with van der Waals surface area (Å²) < 4.78 is 16.8. The highest BCUT2D eigenvalue weighted by molar-refractivity contribution is 5.91. The van der Waals surface area contributed by atoms with Gasteiger partial charge in [-0.15, -0.1) is 0 Å². The third-order valence-electron chi connectivity index (χ3n) is 4.95. The van der Waals surface area contributed by atoms with Gasteiger partial charge in [-0.3, -0.25) is 4.79 Å². The second-order valence-corrected chi connectivity index (χ2v) is 6.72. The number of amides is 1. The number of hydrogen-bond acceptors (Lipinski definition) is 5. The van der Waals surface area contributed by atoms with E-state index < -0.39 is 0 Å². The van der Waals surface area contributed by atoms with Crippen LogP contribution in [0.15, 0.2) is 41.0 Å². The number of nitrogens with zero attached hydrogens (tertiary/aromatic N) is 1. The van der Waals surface area contributed by atoms with Gasteiger partial charge in [-0.05, 0) is 31.0 Å². The van der Waals surface area contributed by atoms with Crippen molar-refractivity contribution in [2.75, 3.05) is 26.3 Å².